The average molecular weight is 446 g/mol. The third-order valence-corrected chi connectivity index (χ3v) is 4.55. The first kappa shape index (κ1) is 19.4. The van der Waals surface area contributed by atoms with Crippen molar-refractivity contribution in [1.29, 1.82) is 0 Å². The Morgan fingerprint density at radius 1 is 1.21 bits per heavy atom. The second kappa shape index (κ2) is 8.13. The lowest BCUT2D eigenvalue weighted by Gasteiger charge is -2.14. The van der Waals surface area contributed by atoms with Gasteiger partial charge in [0.15, 0.2) is 18.1 Å². The molecule has 1 saturated heterocycles. The summed E-state index contributed by atoms with van der Waals surface area (Å²) in [5, 5.41) is 1.18. The Hall–Kier alpha value is -3.33. The van der Waals surface area contributed by atoms with Gasteiger partial charge >= 0.3 is 0 Å². The number of rotatable bonds is 6. The molecule has 1 fully saturated rings. The molecule has 2 aromatic rings. The number of nitrogens with zero attached hydrogens (tertiary/aromatic N) is 1. The van der Waals surface area contributed by atoms with Crippen molar-refractivity contribution >= 4 is 45.4 Å². The van der Waals surface area contributed by atoms with E-state index >= 15 is 0 Å². The van der Waals surface area contributed by atoms with Gasteiger partial charge in [0.25, 0.3) is 17.7 Å². The van der Waals surface area contributed by atoms with Crippen LogP contribution >= 0.6 is 15.9 Å². The van der Waals surface area contributed by atoms with Gasteiger partial charge in [-0.2, -0.15) is 0 Å². The first-order chi connectivity index (χ1) is 13.4. The number of methoxy groups -OCH3 is 1. The van der Waals surface area contributed by atoms with Gasteiger partial charge in [-0.1, -0.05) is 34.1 Å². The maximum absolute atomic E-state index is 12.7. The molecule has 3 N–H and O–H groups in total. The number of carbonyl (C=O) groups excluding carboxylic acids is 3. The molecule has 1 aliphatic heterocycles. The van der Waals surface area contributed by atoms with E-state index in [0.717, 1.165) is 0 Å². The molecule has 0 unspecified atom stereocenters. The van der Waals surface area contributed by atoms with E-state index in [1.807, 2.05) is 6.07 Å². The van der Waals surface area contributed by atoms with Gasteiger partial charge in [0.1, 0.15) is 5.57 Å². The number of hydrogen-bond donors (Lipinski definition) is 2. The number of hydrogen-bond acceptors (Lipinski definition) is 5. The zero-order valence-electron chi connectivity index (χ0n) is 14.8. The fourth-order valence-electron chi connectivity index (χ4n) is 2.55. The van der Waals surface area contributed by atoms with Crippen LogP contribution in [0.15, 0.2) is 52.5 Å². The van der Waals surface area contributed by atoms with Crippen molar-refractivity contribution in [1.82, 2.24) is 5.43 Å². The van der Waals surface area contributed by atoms with Gasteiger partial charge in [-0.05, 0) is 35.9 Å². The molecule has 0 aromatic heterocycles. The molecule has 0 atom stereocenters. The van der Waals surface area contributed by atoms with Gasteiger partial charge in [-0.15, -0.1) is 0 Å². The minimum absolute atomic E-state index is 0.0302. The Kier molecular flexibility index (Phi) is 5.65. The van der Waals surface area contributed by atoms with Crippen molar-refractivity contribution in [3.05, 3.63) is 58.1 Å². The third-order valence-electron chi connectivity index (χ3n) is 3.86. The van der Waals surface area contributed by atoms with Crippen molar-refractivity contribution in [2.75, 3.05) is 18.7 Å². The average Bonchev–Trinajstić information content (AvgIpc) is 2.96. The zero-order chi connectivity index (χ0) is 20.3. The van der Waals surface area contributed by atoms with Crippen molar-refractivity contribution in [2.24, 2.45) is 5.73 Å². The lowest BCUT2D eigenvalue weighted by Crippen LogP contribution is -2.35. The second-order valence-corrected chi connectivity index (χ2v) is 6.61. The largest absolute Gasteiger partial charge is 0.493 e. The number of primary amides is 1. The number of ether oxygens (including phenoxy) is 2. The highest BCUT2D eigenvalue weighted by Gasteiger charge is 2.34. The summed E-state index contributed by atoms with van der Waals surface area (Å²) in [6.45, 7) is -0.309. The fourth-order valence-corrected chi connectivity index (χ4v) is 2.99. The predicted octanol–water partition coefficient (Wildman–Crippen LogP) is 1.78. The summed E-state index contributed by atoms with van der Waals surface area (Å²) in [7, 11) is 1.43. The van der Waals surface area contributed by atoms with E-state index in [2.05, 4.69) is 21.4 Å². The van der Waals surface area contributed by atoms with Gasteiger partial charge in [-0.3, -0.25) is 19.8 Å². The number of para-hydroxylation sites is 1. The topological polar surface area (TPSA) is 111 Å². The van der Waals surface area contributed by atoms with E-state index in [1.54, 1.807) is 36.4 Å². The third kappa shape index (κ3) is 3.99. The fraction of sp³-hybridized carbons (Fsp3) is 0.105. The molecule has 2 aromatic carbocycles. The van der Waals surface area contributed by atoms with Crippen LogP contribution in [-0.4, -0.2) is 31.4 Å². The normalized spacial score (nSPS) is 14.9. The number of benzene rings is 2. The molecule has 8 nitrogen and oxygen atoms in total. The molecule has 28 heavy (non-hydrogen) atoms. The SMILES string of the molecule is COc1cc(/C=C2/C(=O)NN(c3ccccc3)C2=O)c(Br)cc1OCC(N)=O. The van der Waals surface area contributed by atoms with Crippen LogP contribution in [0.4, 0.5) is 5.69 Å². The number of carbonyl (C=O) groups is 3. The molecule has 1 aliphatic rings. The minimum atomic E-state index is -0.626. The number of nitrogens with one attached hydrogen (secondary N) is 1. The zero-order valence-corrected chi connectivity index (χ0v) is 16.4. The van der Waals surface area contributed by atoms with Crippen molar-refractivity contribution in [3.8, 4) is 11.5 Å². The van der Waals surface area contributed by atoms with Gasteiger partial charge in [0, 0.05) is 4.47 Å². The van der Waals surface area contributed by atoms with E-state index in [1.165, 1.54) is 18.2 Å². The van der Waals surface area contributed by atoms with E-state index in [4.69, 9.17) is 15.2 Å². The summed E-state index contributed by atoms with van der Waals surface area (Å²) < 4.78 is 11.1. The van der Waals surface area contributed by atoms with Crippen LogP contribution in [0.25, 0.3) is 6.08 Å². The van der Waals surface area contributed by atoms with Crippen molar-refractivity contribution in [3.63, 3.8) is 0 Å². The van der Waals surface area contributed by atoms with E-state index in [9.17, 15) is 14.4 Å². The Balaban J connectivity index is 1.93. The lowest BCUT2D eigenvalue weighted by atomic mass is 10.1. The van der Waals surface area contributed by atoms with E-state index in [-0.39, 0.29) is 12.2 Å². The van der Waals surface area contributed by atoms with Crippen LogP contribution < -0.4 is 25.6 Å². The number of nitrogens with two attached hydrogens (primary N) is 1. The molecule has 9 heteroatoms. The Bertz CT molecular complexity index is 975. The van der Waals surface area contributed by atoms with E-state index < -0.39 is 17.7 Å². The monoisotopic (exact) mass is 445 g/mol. The lowest BCUT2D eigenvalue weighted by molar-refractivity contribution is -0.120. The van der Waals surface area contributed by atoms with Crippen molar-refractivity contribution in [2.45, 2.75) is 0 Å². The molecule has 0 spiro atoms. The molecule has 0 saturated carbocycles. The Labute approximate surface area is 169 Å². The first-order valence-corrected chi connectivity index (χ1v) is 8.91. The summed E-state index contributed by atoms with van der Waals surface area (Å²) in [5.74, 6) is -1.01. The summed E-state index contributed by atoms with van der Waals surface area (Å²) in [6, 6.07) is 11.9. The van der Waals surface area contributed by atoms with Crippen LogP contribution in [0, 0.1) is 0 Å². The molecule has 1 heterocycles. The highest BCUT2D eigenvalue weighted by molar-refractivity contribution is 9.10. The molecule has 3 rings (SSSR count). The minimum Gasteiger partial charge on any atom is -0.493 e. The number of anilines is 1. The highest BCUT2D eigenvalue weighted by atomic mass is 79.9. The Morgan fingerprint density at radius 2 is 1.93 bits per heavy atom. The molecular formula is C19H16BrN3O5. The number of amides is 3. The van der Waals surface area contributed by atoms with E-state index in [0.29, 0.717) is 27.2 Å². The summed E-state index contributed by atoms with van der Waals surface area (Å²) >= 11 is 3.37. The van der Waals surface area contributed by atoms with Crippen LogP contribution in [0.2, 0.25) is 0 Å². The van der Waals surface area contributed by atoms with Crippen LogP contribution in [0.5, 0.6) is 11.5 Å². The molecule has 0 radical (unpaired) electrons. The van der Waals surface area contributed by atoms with Gasteiger partial charge in [0.05, 0.1) is 12.8 Å². The van der Waals surface area contributed by atoms with Gasteiger partial charge < -0.3 is 15.2 Å². The maximum Gasteiger partial charge on any atom is 0.282 e. The smallest absolute Gasteiger partial charge is 0.282 e. The summed E-state index contributed by atoms with van der Waals surface area (Å²) in [6.07, 6.45) is 1.45. The van der Waals surface area contributed by atoms with Crippen LogP contribution in [0.3, 0.4) is 0 Å². The van der Waals surface area contributed by atoms with Gasteiger partial charge in [-0.25, -0.2) is 5.01 Å². The van der Waals surface area contributed by atoms with Crippen LogP contribution in [-0.2, 0) is 14.4 Å². The standard InChI is InChI=1S/C19H16BrN3O5/c1-27-15-8-11(14(20)9-16(15)28-10-17(21)24)7-13-18(25)22-23(19(13)26)12-5-3-2-4-6-12/h2-9H,10H2,1H3,(H2,21,24)(H,22,25)/b13-7-. The summed E-state index contributed by atoms with van der Waals surface area (Å²) in [4.78, 5) is 35.9. The Morgan fingerprint density at radius 3 is 2.57 bits per heavy atom. The molecule has 3 amide bonds. The highest BCUT2D eigenvalue weighted by Crippen LogP contribution is 2.35. The van der Waals surface area contributed by atoms with Crippen molar-refractivity contribution < 1.29 is 23.9 Å². The molecule has 0 aliphatic carbocycles. The van der Waals surface area contributed by atoms with Gasteiger partial charge in [0.2, 0.25) is 0 Å². The predicted molar refractivity (Wildman–Crippen MR) is 105 cm³/mol. The number of halogens is 1. The quantitative estimate of drug-likeness (QED) is 0.519. The van der Waals surface area contributed by atoms with Crippen LogP contribution in [0.1, 0.15) is 5.56 Å². The maximum atomic E-state index is 12.7. The number of hydrazine groups is 1. The molecule has 0 bridgehead atoms. The molecular weight excluding hydrogens is 430 g/mol. The second-order valence-electron chi connectivity index (χ2n) is 5.75. The first-order valence-electron chi connectivity index (χ1n) is 8.11. The molecule has 144 valence electrons. The summed E-state index contributed by atoms with van der Waals surface area (Å²) in [5.41, 5.74) is 8.67.